The van der Waals surface area contributed by atoms with E-state index in [0.717, 1.165) is 0 Å². The van der Waals surface area contributed by atoms with E-state index in [1.807, 2.05) is 0 Å². The van der Waals surface area contributed by atoms with Crippen LogP contribution in [0.4, 0.5) is 8.78 Å². The molecule has 0 spiro atoms. The van der Waals surface area contributed by atoms with Crippen LogP contribution >= 0.6 is 0 Å². The van der Waals surface area contributed by atoms with Crippen LogP contribution < -0.4 is 10.5 Å². The Morgan fingerprint density at radius 1 is 1.33 bits per heavy atom. The minimum Gasteiger partial charge on any atom is -0.486 e. The van der Waals surface area contributed by atoms with Gasteiger partial charge in [0.25, 0.3) is 0 Å². The van der Waals surface area contributed by atoms with Gasteiger partial charge in [0.2, 0.25) is 0 Å². The summed E-state index contributed by atoms with van der Waals surface area (Å²) in [6.45, 7) is 4.69. The number of carbonyl (C=O) groups is 1. The lowest BCUT2D eigenvalue weighted by Crippen LogP contribution is -2.32. The predicted molar refractivity (Wildman–Crippen MR) is 75.0 cm³/mol. The van der Waals surface area contributed by atoms with Crippen molar-refractivity contribution in [3.8, 4) is 5.75 Å². The van der Waals surface area contributed by atoms with Gasteiger partial charge in [0.05, 0.1) is 12.5 Å². The average molecular weight is 301 g/mol. The van der Waals surface area contributed by atoms with E-state index >= 15 is 0 Å². The Morgan fingerprint density at radius 3 is 2.29 bits per heavy atom. The highest BCUT2D eigenvalue weighted by atomic mass is 19.1. The summed E-state index contributed by atoms with van der Waals surface area (Å²) in [5.74, 6) is -2.64. The molecule has 0 aliphatic heterocycles. The average Bonchev–Trinajstić information content (AvgIpc) is 2.35. The zero-order valence-electron chi connectivity index (χ0n) is 12.7. The molecule has 0 fully saturated rings. The number of hydrogen-bond donors (Lipinski definition) is 1. The van der Waals surface area contributed by atoms with Gasteiger partial charge < -0.3 is 15.2 Å². The number of benzene rings is 1. The first-order chi connectivity index (χ1) is 9.67. The van der Waals surface area contributed by atoms with Crippen LogP contribution in [0.3, 0.4) is 0 Å². The fraction of sp³-hybridized carbons (Fsp3) is 0.533. The molecule has 0 bridgehead atoms. The van der Waals surface area contributed by atoms with Crippen molar-refractivity contribution in [2.45, 2.75) is 33.2 Å². The Hall–Kier alpha value is -1.69. The molecule has 0 saturated heterocycles. The number of carbonyl (C=O) groups excluding carboxylic acids is 1. The summed E-state index contributed by atoms with van der Waals surface area (Å²) >= 11 is 0. The van der Waals surface area contributed by atoms with E-state index in [2.05, 4.69) is 4.74 Å². The van der Waals surface area contributed by atoms with Gasteiger partial charge in [-0.15, -0.1) is 0 Å². The highest BCUT2D eigenvalue weighted by Gasteiger charge is 2.30. The number of esters is 1. The first-order valence-corrected chi connectivity index (χ1v) is 6.62. The van der Waals surface area contributed by atoms with Gasteiger partial charge in [-0.25, -0.2) is 8.78 Å². The van der Waals surface area contributed by atoms with Gasteiger partial charge in [0, 0.05) is 6.04 Å². The largest absolute Gasteiger partial charge is 0.486 e. The molecule has 1 atom stereocenters. The fourth-order valence-corrected chi connectivity index (χ4v) is 1.83. The van der Waals surface area contributed by atoms with Crippen LogP contribution in [0.5, 0.6) is 5.75 Å². The fourth-order valence-electron chi connectivity index (χ4n) is 1.83. The monoisotopic (exact) mass is 301 g/mol. The summed E-state index contributed by atoms with van der Waals surface area (Å²) in [5.41, 5.74) is 5.06. The van der Waals surface area contributed by atoms with Gasteiger partial charge in [0.1, 0.15) is 6.61 Å². The van der Waals surface area contributed by atoms with Crippen LogP contribution in [0.25, 0.3) is 0 Å². The van der Waals surface area contributed by atoms with Gasteiger partial charge in [-0.2, -0.15) is 0 Å². The second-order valence-electron chi connectivity index (χ2n) is 5.73. The molecule has 0 amide bonds. The van der Waals surface area contributed by atoms with Crippen LogP contribution in [-0.2, 0) is 16.0 Å². The van der Waals surface area contributed by atoms with Gasteiger partial charge in [-0.1, -0.05) is 0 Å². The van der Waals surface area contributed by atoms with Gasteiger partial charge in [-0.3, -0.25) is 4.79 Å². The molecule has 0 aliphatic carbocycles. The van der Waals surface area contributed by atoms with Crippen molar-refractivity contribution in [1.82, 2.24) is 0 Å². The van der Waals surface area contributed by atoms with Crippen molar-refractivity contribution in [3.05, 3.63) is 29.3 Å². The minimum absolute atomic E-state index is 0.194. The molecule has 21 heavy (non-hydrogen) atoms. The molecule has 0 saturated carbocycles. The molecule has 0 heterocycles. The zero-order valence-corrected chi connectivity index (χ0v) is 12.7. The summed E-state index contributed by atoms with van der Waals surface area (Å²) < 4.78 is 37.5. The lowest BCUT2D eigenvalue weighted by atomic mass is 9.95. The number of rotatable bonds is 6. The van der Waals surface area contributed by atoms with Crippen molar-refractivity contribution in [2.75, 3.05) is 13.7 Å². The second-order valence-corrected chi connectivity index (χ2v) is 5.73. The van der Waals surface area contributed by atoms with Crippen molar-refractivity contribution in [2.24, 2.45) is 11.1 Å². The molecule has 118 valence electrons. The van der Waals surface area contributed by atoms with E-state index in [1.54, 1.807) is 20.8 Å². The van der Waals surface area contributed by atoms with Crippen LogP contribution in [-0.4, -0.2) is 25.7 Å². The maximum absolute atomic E-state index is 13.9. The quantitative estimate of drug-likeness (QED) is 0.820. The molecule has 0 aromatic heterocycles. The molecule has 1 aromatic rings. The maximum Gasteiger partial charge on any atom is 0.314 e. The third-order valence-electron chi connectivity index (χ3n) is 2.93. The van der Waals surface area contributed by atoms with Crippen molar-refractivity contribution >= 4 is 5.97 Å². The lowest BCUT2D eigenvalue weighted by Gasteiger charge is -2.22. The van der Waals surface area contributed by atoms with E-state index in [1.165, 1.54) is 19.2 Å². The third kappa shape index (κ3) is 4.67. The van der Waals surface area contributed by atoms with Crippen molar-refractivity contribution in [3.63, 3.8) is 0 Å². The smallest absolute Gasteiger partial charge is 0.314 e. The Bertz CT molecular complexity index is 493. The summed E-state index contributed by atoms with van der Waals surface area (Å²) in [6, 6.07) is 2.17. The molecule has 1 unspecified atom stereocenters. The molecule has 2 N–H and O–H groups in total. The molecular formula is C15H21F2NO3. The predicted octanol–water partition coefficient (Wildman–Crippen LogP) is 2.43. The number of hydrogen-bond acceptors (Lipinski definition) is 4. The Kier molecular flexibility index (Phi) is 5.66. The first kappa shape index (κ1) is 17.4. The standard InChI is InChI=1S/C15H21F2NO3/c1-9(18)5-10-6-11(16)13(12(17)7-10)21-8-15(2,3)14(19)20-4/h6-7,9H,5,8,18H2,1-4H3. The summed E-state index contributed by atoms with van der Waals surface area (Å²) in [7, 11) is 1.24. The van der Waals surface area contributed by atoms with Crippen molar-refractivity contribution in [1.29, 1.82) is 0 Å². The first-order valence-electron chi connectivity index (χ1n) is 6.62. The minimum atomic E-state index is -1.00. The van der Waals surface area contributed by atoms with Crippen LogP contribution in [0.1, 0.15) is 26.3 Å². The SMILES string of the molecule is COC(=O)C(C)(C)COc1c(F)cc(CC(C)N)cc1F. The molecule has 0 radical (unpaired) electrons. The lowest BCUT2D eigenvalue weighted by molar-refractivity contribution is -0.152. The normalized spacial score (nSPS) is 12.9. The van der Waals surface area contributed by atoms with Gasteiger partial charge in [0.15, 0.2) is 17.4 Å². The Morgan fingerprint density at radius 2 is 1.86 bits per heavy atom. The van der Waals surface area contributed by atoms with Crippen LogP contribution in [0, 0.1) is 17.0 Å². The highest BCUT2D eigenvalue weighted by molar-refractivity contribution is 5.75. The van der Waals surface area contributed by atoms with E-state index in [-0.39, 0.29) is 12.6 Å². The third-order valence-corrected chi connectivity index (χ3v) is 2.93. The van der Waals surface area contributed by atoms with E-state index in [9.17, 15) is 13.6 Å². The summed E-state index contributed by atoms with van der Waals surface area (Å²) in [5, 5.41) is 0. The van der Waals surface area contributed by atoms with Crippen molar-refractivity contribution < 1.29 is 23.0 Å². The molecule has 4 nitrogen and oxygen atoms in total. The molecule has 1 aromatic carbocycles. The van der Waals surface area contributed by atoms with Crippen LogP contribution in [0.2, 0.25) is 0 Å². The molecule has 1 rings (SSSR count). The van der Waals surface area contributed by atoms with E-state index in [0.29, 0.717) is 12.0 Å². The second kappa shape index (κ2) is 6.85. The maximum atomic E-state index is 13.9. The Labute approximate surface area is 123 Å². The summed E-state index contributed by atoms with van der Waals surface area (Å²) in [4.78, 5) is 11.5. The summed E-state index contributed by atoms with van der Waals surface area (Å²) in [6.07, 6.45) is 0.363. The van der Waals surface area contributed by atoms with E-state index < -0.39 is 28.8 Å². The number of methoxy groups -OCH3 is 1. The van der Waals surface area contributed by atoms with E-state index in [4.69, 9.17) is 10.5 Å². The highest BCUT2D eigenvalue weighted by Crippen LogP contribution is 2.26. The molecule has 0 aliphatic rings. The topological polar surface area (TPSA) is 61.5 Å². The number of ether oxygens (including phenoxy) is 2. The zero-order chi connectivity index (χ0) is 16.2. The van der Waals surface area contributed by atoms with Gasteiger partial charge in [-0.05, 0) is 44.9 Å². The Balaban J connectivity index is 2.88. The number of halogens is 2. The van der Waals surface area contributed by atoms with Gasteiger partial charge >= 0.3 is 5.97 Å². The molecular weight excluding hydrogens is 280 g/mol. The number of nitrogens with two attached hydrogens (primary N) is 1. The van der Waals surface area contributed by atoms with Crippen LogP contribution in [0.15, 0.2) is 12.1 Å². The molecule has 6 heteroatoms.